The molecule has 1 unspecified atom stereocenters. The number of carboxylic acids is 1. The average Bonchev–Trinajstić information content (AvgIpc) is 3.49. The molecule has 1 aliphatic rings. The van der Waals surface area contributed by atoms with Gasteiger partial charge in [-0.25, -0.2) is 9.78 Å². The summed E-state index contributed by atoms with van der Waals surface area (Å²) in [6, 6.07) is 18.2. The predicted octanol–water partition coefficient (Wildman–Crippen LogP) is 8.50. The topological polar surface area (TPSA) is 88.5 Å². The molecule has 1 fully saturated rings. The largest absolute Gasteiger partial charge is 0.480 e. The Morgan fingerprint density at radius 1 is 0.956 bits per heavy atom. The van der Waals surface area contributed by atoms with Crippen LogP contribution in [0.5, 0.6) is 11.5 Å². The molecule has 0 aliphatic heterocycles. The maximum atomic E-state index is 13.5. The number of carboxylic acid groups (broad SMARTS) is 1. The maximum absolute atomic E-state index is 13.5. The summed E-state index contributed by atoms with van der Waals surface area (Å²) in [6.45, 7) is 6.44. The van der Waals surface area contributed by atoms with Crippen molar-refractivity contribution in [3.05, 3.63) is 101 Å². The minimum atomic E-state index is -4.66. The van der Waals surface area contributed by atoms with E-state index < -0.39 is 36.1 Å². The monoisotopic (exact) mass is 618 g/mol. The van der Waals surface area contributed by atoms with E-state index in [2.05, 4.69) is 31.1 Å². The van der Waals surface area contributed by atoms with Gasteiger partial charge in [-0.3, -0.25) is 4.79 Å². The lowest BCUT2D eigenvalue weighted by Gasteiger charge is -2.19. The molecule has 3 aromatic carbocycles. The number of aromatic nitrogens is 1. The van der Waals surface area contributed by atoms with Crippen LogP contribution < -0.4 is 10.1 Å². The first kappa shape index (κ1) is 32.0. The number of nitrogens with zero attached hydrogens (tertiary/aromatic N) is 1. The molecule has 1 amide bonds. The van der Waals surface area contributed by atoms with Crippen LogP contribution >= 0.6 is 0 Å². The van der Waals surface area contributed by atoms with Gasteiger partial charge in [-0.1, -0.05) is 82.9 Å². The zero-order valence-corrected chi connectivity index (χ0v) is 25.6. The van der Waals surface area contributed by atoms with Gasteiger partial charge in [-0.2, -0.15) is 13.2 Å². The van der Waals surface area contributed by atoms with E-state index in [0.29, 0.717) is 29.5 Å². The van der Waals surface area contributed by atoms with Crippen LogP contribution in [0.3, 0.4) is 0 Å². The standard InChI is InChI=1S/C36H37F3N2O4/c1-35(2,3)25-13-16-26(17-14-25)45-27-15-12-23-19-31(40-30(28(23)21-27)18-22-8-4-5-9-22)33(42)41-32(34(43)44)20-24-10-6-7-11-29(24)36(37,38)39/h6-7,10-17,19,21-22,32H,4-5,8-9,18,20H2,1-3H3,(H,41,42)(H,43,44). The van der Waals surface area contributed by atoms with Crippen LogP contribution in [-0.2, 0) is 29.2 Å². The number of ether oxygens (including phenoxy) is 1. The average molecular weight is 619 g/mol. The van der Waals surface area contributed by atoms with Crippen molar-refractivity contribution in [1.29, 1.82) is 0 Å². The van der Waals surface area contributed by atoms with Gasteiger partial charge < -0.3 is 15.2 Å². The highest BCUT2D eigenvalue weighted by Crippen LogP contribution is 2.34. The van der Waals surface area contributed by atoms with Crippen molar-refractivity contribution in [3.8, 4) is 11.5 Å². The van der Waals surface area contributed by atoms with Crippen molar-refractivity contribution in [3.63, 3.8) is 0 Å². The fourth-order valence-electron chi connectivity index (χ4n) is 5.91. The zero-order valence-electron chi connectivity index (χ0n) is 25.6. The van der Waals surface area contributed by atoms with Crippen LogP contribution in [0.15, 0.2) is 72.8 Å². The van der Waals surface area contributed by atoms with Crippen LogP contribution in [0.25, 0.3) is 10.8 Å². The number of hydrogen-bond donors (Lipinski definition) is 2. The van der Waals surface area contributed by atoms with E-state index in [0.717, 1.165) is 42.5 Å². The molecule has 0 saturated heterocycles. The van der Waals surface area contributed by atoms with E-state index >= 15 is 0 Å². The number of carbonyl (C=O) groups is 2. The van der Waals surface area contributed by atoms with E-state index in [1.807, 2.05) is 36.4 Å². The zero-order chi connectivity index (χ0) is 32.4. The fourth-order valence-corrected chi connectivity index (χ4v) is 5.91. The molecular weight excluding hydrogens is 581 g/mol. The number of amides is 1. The third-order valence-electron chi connectivity index (χ3n) is 8.38. The van der Waals surface area contributed by atoms with Gasteiger partial charge in [0.2, 0.25) is 0 Å². The molecule has 0 radical (unpaired) electrons. The molecule has 236 valence electrons. The van der Waals surface area contributed by atoms with E-state index in [4.69, 9.17) is 4.74 Å². The van der Waals surface area contributed by atoms with Crippen LogP contribution in [0.2, 0.25) is 0 Å². The molecule has 9 heteroatoms. The predicted molar refractivity (Wildman–Crippen MR) is 167 cm³/mol. The second-order valence-corrected chi connectivity index (χ2v) is 12.8. The summed E-state index contributed by atoms with van der Waals surface area (Å²) in [5.74, 6) is -0.494. The molecule has 4 aromatic rings. The lowest BCUT2D eigenvalue weighted by atomic mass is 9.87. The van der Waals surface area contributed by atoms with Gasteiger partial charge in [0.05, 0.1) is 5.56 Å². The van der Waals surface area contributed by atoms with Crippen LogP contribution in [0.4, 0.5) is 13.2 Å². The number of pyridine rings is 1. The molecule has 1 atom stereocenters. The summed E-state index contributed by atoms with van der Waals surface area (Å²) in [4.78, 5) is 30.1. The van der Waals surface area contributed by atoms with Gasteiger partial charge in [-0.05, 0) is 70.7 Å². The van der Waals surface area contributed by atoms with E-state index in [-0.39, 0.29) is 16.7 Å². The third kappa shape index (κ3) is 7.82. The summed E-state index contributed by atoms with van der Waals surface area (Å²) in [5, 5.41) is 13.8. The maximum Gasteiger partial charge on any atom is 0.416 e. The number of nitrogens with one attached hydrogen (secondary N) is 1. The summed E-state index contributed by atoms with van der Waals surface area (Å²) in [5.41, 5.74) is 0.772. The molecule has 45 heavy (non-hydrogen) atoms. The van der Waals surface area contributed by atoms with Gasteiger partial charge in [0.25, 0.3) is 5.91 Å². The molecule has 1 aliphatic carbocycles. The Kier molecular flexibility index (Phi) is 9.18. The normalized spacial score (nSPS) is 14.8. The third-order valence-corrected chi connectivity index (χ3v) is 8.38. The smallest absolute Gasteiger partial charge is 0.416 e. The van der Waals surface area contributed by atoms with Gasteiger partial charge >= 0.3 is 12.1 Å². The number of hydrogen-bond acceptors (Lipinski definition) is 4. The Bertz CT molecular complexity index is 1690. The Morgan fingerprint density at radius 3 is 2.27 bits per heavy atom. The molecule has 0 spiro atoms. The molecule has 1 heterocycles. The number of halogens is 3. The molecule has 5 rings (SSSR count). The fraction of sp³-hybridized carbons (Fsp3) is 0.361. The highest BCUT2D eigenvalue weighted by atomic mass is 19.4. The summed E-state index contributed by atoms with van der Waals surface area (Å²) >= 11 is 0. The first-order chi connectivity index (χ1) is 21.3. The first-order valence-electron chi connectivity index (χ1n) is 15.2. The number of benzene rings is 3. The summed E-state index contributed by atoms with van der Waals surface area (Å²) < 4.78 is 46.8. The van der Waals surface area contributed by atoms with E-state index in [1.165, 1.54) is 23.8 Å². The lowest BCUT2D eigenvalue weighted by molar-refractivity contribution is -0.141. The number of alkyl halides is 3. The minimum absolute atomic E-state index is 0.0114. The number of carbonyl (C=O) groups excluding carboxylic acids is 1. The molecule has 0 bridgehead atoms. The molecule has 1 saturated carbocycles. The second-order valence-electron chi connectivity index (χ2n) is 12.8. The van der Waals surface area contributed by atoms with Crippen molar-refractivity contribution in [2.75, 3.05) is 0 Å². The van der Waals surface area contributed by atoms with Crippen molar-refractivity contribution < 1.29 is 32.6 Å². The molecule has 1 aromatic heterocycles. The second kappa shape index (κ2) is 12.9. The Balaban J connectivity index is 1.43. The van der Waals surface area contributed by atoms with E-state index in [1.54, 1.807) is 12.1 Å². The molecule has 6 nitrogen and oxygen atoms in total. The van der Waals surface area contributed by atoms with E-state index in [9.17, 15) is 27.9 Å². The lowest BCUT2D eigenvalue weighted by Crippen LogP contribution is -2.43. The summed E-state index contributed by atoms with van der Waals surface area (Å²) in [6.07, 6.45) is -0.190. The number of fused-ring (bicyclic) bond motifs is 1. The first-order valence-corrected chi connectivity index (χ1v) is 15.2. The number of rotatable bonds is 9. The minimum Gasteiger partial charge on any atom is -0.480 e. The Hall–Kier alpha value is -4.40. The van der Waals surface area contributed by atoms with Crippen molar-refractivity contribution in [1.82, 2.24) is 10.3 Å². The van der Waals surface area contributed by atoms with Crippen molar-refractivity contribution >= 4 is 22.6 Å². The van der Waals surface area contributed by atoms with Crippen LogP contribution in [0, 0.1) is 5.92 Å². The van der Waals surface area contributed by atoms with Gasteiger partial charge in [0.15, 0.2) is 0 Å². The Morgan fingerprint density at radius 2 is 1.62 bits per heavy atom. The molecule has 2 N–H and O–H groups in total. The van der Waals surface area contributed by atoms with Gasteiger partial charge in [0, 0.05) is 17.5 Å². The highest BCUT2D eigenvalue weighted by Gasteiger charge is 2.34. The number of aliphatic carboxylic acids is 1. The SMILES string of the molecule is CC(C)(C)c1ccc(Oc2ccc3cc(C(=O)NC(Cc4ccccc4C(F)(F)F)C(=O)O)nc(CC4CCCC4)c3c2)cc1. The van der Waals surface area contributed by atoms with Crippen LogP contribution in [0.1, 0.15) is 79.3 Å². The highest BCUT2D eigenvalue weighted by molar-refractivity contribution is 5.99. The van der Waals surface area contributed by atoms with Crippen molar-refractivity contribution in [2.24, 2.45) is 5.92 Å². The van der Waals surface area contributed by atoms with Gasteiger partial charge in [-0.15, -0.1) is 0 Å². The Labute approximate surface area is 260 Å². The van der Waals surface area contributed by atoms with Gasteiger partial charge in [0.1, 0.15) is 23.2 Å². The van der Waals surface area contributed by atoms with Crippen LogP contribution in [-0.4, -0.2) is 28.0 Å². The molecular formula is C36H37F3N2O4. The quantitative estimate of drug-likeness (QED) is 0.196. The van der Waals surface area contributed by atoms with Crippen molar-refractivity contribution in [2.45, 2.75) is 76.9 Å². The summed E-state index contributed by atoms with van der Waals surface area (Å²) in [7, 11) is 0.